The second-order valence-electron chi connectivity index (χ2n) is 6.14. The predicted molar refractivity (Wildman–Crippen MR) is 117 cm³/mol. The number of methoxy groups -OCH3 is 1. The zero-order valence-electron chi connectivity index (χ0n) is 15.8. The van der Waals surface area contributed by atoms with Crippen LogP contribution in [0, 0.1) is 0 Å². The fourth-order valence-corrected chi connectivity index (χ4v) is 3.10. The molecule has 3 amide bonds. The average Bonchev–Trinajstić information content (AvgIpc) is 2.75. The molecular weight excluding hydrogens is 386 g/mol. The van der Waals surface area contributed by atoms with Crippen LogP contribution in [0.2, 0.25) is 0 Å². The van der Waals surface area contributed by atoms with E-state index in [1.807, 2.05) is 24.3 Å². The smallest absolute Gasteiger partial charge is 0.332 e. The highest BCUT2D eigenvalue weighted by Gasteiger charge is 2.30. The molecule has 3 aromatic carbocycles. The van der Waals surface area contributed by atoms with Crippen LogP contribution in [0.25, 0.3) is 0 Å². The van der Waals surface area contributed by atoms with Gasteiger partial charge in [0.2, 0.25) is 0 Å². The number of amides is 3. The van der Waals surface area contributed by atoms with Crippen molar-refractivity contribution in [2.75, 3.05) is 17.7 Å². The molecule has 148 valence electrons. The van der Waals surface area contributed by atoms with E-state index in [9.17, 15) is 9.59 Å². The second-order valence-corrected chi connectivity index (χ2v) is 6.57. The number of anilines is 2. The maximum atomic E-state index is 13.0. The number of carbonyl (C=O) groups is 2. The minimum atomic E-state index is -0.950. The van der Waals surface area contributed by atoms with Gasteiger partial charge in [0.05, 0.1) is 12.8 Å². The molecule has 0 aliphatic heterocycles. The SMILES string of the molecule is COc1ccccc1NC(=O)N(S)C(C(=O)Nc1ccccc1)c1ccccc1. The Balaban J connectivity index is 1.85. The molecule has 3 rings (SSSR count). The highest BCUT2D eigenvalue weighted by molar-refractivity contribution is 7.78. The van der Waals surface area contributed by atoms with Crippen molar-refractivity contribution in [1.29, 1.82) is 0 Å². The molecule has 1 unspecified atom stereocenters. The van der Waals surface area contributed by atoms with Crippen molar-refractivity contribution in [3.05, 3.63) is 90.5 Å². The number of rotatable bonds is 6. The van der Waals surface area contributed by atoms with Crippen molar-refractivity contribution in [3.63, 3.8) is 0 Å². The van der Waals surface area contributed by atoms with Gasteiger partial charge >= 0.3 is 6.03 Å². The van der Waals surface area contributed by atoms with Crippen molar-refractivity contribution < 1.29 is 14.3 Å². The van der Waals surface area contributed by atoms with Gasteiger partial charge in [-0.3, -0.25) is 9.10 Å². The van der Waals surface area contributed by atoms with Gasteiger partial charge in [-0.15, -0.1) is 0 Å². The minimum Gasteiger partial charge on any atom is -0.495 e. The van der Waals surface area contributed by atoms with Gasteiger partial charge in [-0.2, -0.15) is 0 Å². The van der Waals surface area contributed by atoms with Crippen molar-refractivity contribution in [2.24, 2.45) is 0 Å². The average molecular weight is 407 g/mol. The number of hydrogen-bond donors (Lipinski definition) is 3. The van der Waals surface area contributed by atoms with Crippen molar-refractivity contribution in [2.45, 2.75) is 6.04 Å². The Bertz CT molecular complexity index is 967. The molecule has 7 heteroatoms. The first-order valence-corrected chi connectivity index (χ1v) is 9.33. The first-order valence-electron chi connectivity index (χ1n) is 8.93. The summed E-state index contributed by atoms with van der Waals surface area (Å²) in [6, 6.07) is 23.5. The first kappa shape index (κ1) is 20.3. The van der Waals surface area contributed by atoms with Gasteiger partial charge in [0, 0.05) is 5.69 Å². The molecule has 0 heterocycles. The van der Waals surface area contributed by atoms with Crippen LogP contribution < -0.4 is 15.4 Å². The number of benzene rings is 3. The summed E-state index contributed by atoms with van der Waals surface area (Å²) >= 11 is 4.35. The van der Waals surface area contributed by atoms with Crippen LogP contribution in [0.3, 0.4) is 0 Å². The normalized spacial score (nSPS) is 11.2. The molecule has 0 radical (unpaired) electrons. The molecule has 0 aliphatic rings. The van der Waals surface area contributed by atoms with E-state index < -0.39 is 12.1 Å². The maximum Gasteiger partial charge on any atom is 0.332 e. The lowest BCUT2D eigenvalue weighted by molar-refractivity contribution is -0.119. The van der Waals surface area contributed by atoms with E-state index in [0.717, 1.165) is 4.31 Å². The van der Waals surface area contributed by atoms with Gasteiger partial charge in [0.15, 0.2) is 0 Å². The Hall–Kier alpha value is -3.45. The number of thiol groups is 1. The van der Waals surface area contributed by atoms with Gasteiger partial charge in [0.25, 0.3) is 5.91 Å². The molecule has 1 atom stereocenters. The number of ether oxygens (including phenoxy) is 1. The van der Waals surface area contributed by atoms with Gasteiger partial charge in [-0.25, -0.2) is 4.79 Å². The van der Waals surface area contributed by atoms with E-state index in [2.05, 4.69) is 23.4 Å². The molecule has 29 heavy (non-hydrogen) atoms. The molecule has 0 bridgehead atoms. The van der Waals surface area contributed by atoms with E-state index in [1.54, 1.807) is 60.7 Å². The summed E-state index contributed by atoms with van der Waals surface area (Å²) in [5.41, 5.74) is 1.74. The third kappa shape index (κ3) is 5.08. The van der Waals surface area contributed by atoms with E-state index >= 15 is 0 Å². The summed E-state index contributed by atoms with van der Waals surface area (Å²) < 4.78 is 6.33. The summed E-state index contributed by atoms with van der Waals surface area (Å²) in [6.45, 7) is 0. The van der Waals surface area contributed by atoms with E-state index in [1.165, 1.54) is 7.11 Å². The number of urea groups is 1. The third-order valence-electron chi connectivity index (χ3n) is 4.21. The molecule has 0 spiro atoms. The van der Waals surface area contributed by atoms with Crippen LogP contribution in [-0.4, -0.2) is 23.4 Å². The number of para-hydroxylation sites is 3. The monoisotopic (exact) mass is 407 g/mol. The van der Waals surface area contributed by atoms with Crippen molar-refractivity contribution in [1.82, 2.24) is 4.31 Å². The summed E-state index contributed by atoms with van der Waals surface area (Å²) in [6.07, 6.45) is 0. The molecular formula is C22H21N3O3S. The van der Waals surface area contributed by atoms with Crippen molar-refractivity contribution >= 4 is 36.1 Å². The van der Waals surface area contributed by atoms with Crippen LogP contribution in [0.4, 0.5) is 16.2 Å². The van der Waals surface area contributed by atoms with Crippen LogP contribution in [-0.2, 0) is 4.79 Å². The van der Waals surface area contributed by atoms with Crippen molar-refractivity contribution in [3.8, 4) is 5.75 Å². The third-order valence-corrected chi connectivity index (χ3v) is 4.62. The Kier molecular flexibility index (Phi) is 6.76. The van der Waals surface area contributed by atoms with Crippen LogP contribution in [0.15, 0.2) is 84.9 Å². The molecule has 0 fully saturated rings. The summed E-state index contributed by atoms with van der Waals surface area (Å²) in [4.78, 5) is 25.9. The number of nitrogens with zero attached hydrogens (tertiary/aromatic N) is 1. The Morgan fingerprint density at radius 2 is 1.45 bits per heavy atom. The van der Waals surface area contributed by atoms with E-state index in [0.29, 0.717) is 22.7 Å². The molecule has 3 aromatic rings. The highest BCUT2D eigenvalue weighted by Crippen LogP contribution is 2.28. The topological polar surface area (TPSA) is 70.7 Å². The van der Waals surface area contributed by atoms with E-state index in [4.69, 9.17) is 4.74 Å². The largest absolute Gasteiger partial charge is 0.495 e. The van der Waals surface area contributed by atoms with Gasteiger partial charge < -0.3 is 15.4 Å². The molecule has 0 saturated heterocycles. The lowest BCUT2D eigenvalue weighted by atomic mass is 10.1. The van der Waals surface area contributed by atoms with Crippen LogP contribution in [0.1, 0.15) is 11.6 Å². The Labute approximate surface area is 175 Å². The molecule has 6 nitrogen and oxygen atoms in total. The Morgan fingerprint density at radius 1 is 0.862 bits per heavy atom. The summed E-state index contributed by atoms with van der Waals surface area (Å²) in [5, 5.41) is 5.56. The fraction of sp³-hybridized carbons (Fsp3) is 0.0909. The lowest BCUT2D eigenvalue weighted by Gasteiger charge is -2.26. The molecule has 0 aliphatic carbocycles. The quantitative estimate of drug-likeness (QED) is 0.516. The zero-order chi connectivity index (χ0) is 20.6. The molecule has 0 saturated carbocycles. The number of hydrogen-bond acceptors (Lipinski definition) is 4. The zero-order valence-corrected chi connectivity index (χ0v) is 16.7. The van der Waals surface area contributed by atoms with Gasteiger partial charge in [-0.1, -0.05) is 73.5 Å². The maximum absolute atomic E-state index is 13.0. The van der Waals surface area contributed by atoms with Gasteiger partial charge in [-0.05, 0) is 29.8 Å². The van der Waals surface area contributed by atoms with Crippen LogP contribution in [0.5, 0.6) is 5.75 Å². The predicted octanol–water partition coefficient (Wildman–Crippen LogP) is 4.75. The molecule has 2 N–H and O–H groups in total. The van der Waals surface area contributed by atoms with Crippen LogP contribution >= 0.6 is 12.8 Å². The highest BCUT2D eigenvalue weighted by atomic mass is 32.1. The fourth-order valence-electron chi connectivity index (χ4n) is 2.81. The second kappa shape index (κ2) is 9.66. The number of carbonyl (C=O) groups excluding carboxylic acids is 2. The van der Waals surface area contributed by atoms with Gasteiger partial charge in [0.1, 0.15) is 11.8 Å². The summed E-state index contributed by atoms with van der Waals surface area (Å²) in [5.74, 6) is 0.125. The number of nitrogens with one attached hydrogen (secondary N) is 2. The Morgan fingerprint density at radius 3 is 2.10 bits per heavy atom. The lowest BCUT2D eigenvalue weighted by Crippen LogP contribution is -2.37. The standard InChI is InChI=1S/C22H21N3O3S/c1-28-19-15-9-8-14-18(19)24-22(27)25(29)20(16-10-4-2-5-11-16)21(26)23-17-12-6-3-7-13-17/h2-15,20,29H,1H3,(H,23,26)(H,24,27). The minimum absolute atomic E-state index is 0.382. The first-order chi connectivity index (χ1) is 14.1. The molecule has 0 aromatic heterocycles. The summed E-state index contributed by atoms with van der Waals surface area (Å²) in [7, 11) is 1.52. The van der Waals surface area contributed by atoms with E-state index in [-0.39, 0.29) is 5.91 Å².